The van der Waals surface area contributed by atoms with E-state index >= 15 is 0 Å². The molecule has 0 rings (SSSR count). The summed E-state index contributed by atoms with van der Waals surface area (Å²) in [5, 5.41) is 0. The van der Waals surface area contributed by atoms with Crippen molar-refractivity contribution in [3.05, 3.63) is 0 Å². The molecule has 0 aliphatic rings. The van der Waals surface area contributed by atoms with Crippen molar-refractivity contribution in [1.82, 2.24) is 0 Å². The van der Waals surface area contributed by atoms with Gasteiger partial charge in [-0.2, -0.15) is 0 Å². The van der Waals surface area contributed by atoms with Crippen molar-refractivity contribution >= 4 is 0 Å². The predicted octanol–water partition coefficient (Wildman–Crippen LogP) is -29.9. The number of hydrogen-bond acceptors (Lipinski definition) is 39. The van der Waals surface area contributed by atoms with Gasteiger partial charge in [0, 0.05) is 0 Å². The van der Waals surface area contributed by atoms with E-state index in [2.05, 4.69) is 0 Å². The van der Waals surface area contributed by atoms with E-state index in [0.717, 1.165) is 0 Å². The average Bonchev–Trinajstić information content (AvgIpc) is 2.58. The third kappa shape index (κ3) is 4530. The molecule has 320 valence electrons. The van der Waals surface area contributed by atoms with Gasteiger partial charge in [0.1, 0.15) is 0 Å². The molecule has 0 unspecified atom stereocenters. The molecule has 0 saturated carbocycles. The van der Waals surface area contributed by atoms with Gasteiger partial charge in [-0.05, 0) is 0 Å². The fourth-order valence-corrected chi connectivity index (χ4v) is 0. The quantitative estimate of drug-likeness (QED) is 0.203. The molecular weight excluding hydrogens is 2980 g/mol. The van der Waals surface area contributed by atoms with E-state index in [1.807, 2.05) is 0 Å². The Morgan fingerprint density at radius 2 is 0.190 bits per heavy atom. The average molecular weight is 2990 g/mol. The normalized spacial score (nSPS) is 6.72. The Bertz CT molecular complexity index is 1730. The first-order chi connectivity index (χ1) is 21.6. The van der Waals surface area contributed by atoms with Crippen LogP contribution in [0.4, 0.5) is 0 Å². The van der Waals surface area contributed by atoms with Crippen molar-refractivity contribution in [2.24, 2.45) is 0 Å². The topological polar surface area (TPSA) is 733 Å². The summed E-state index contributed by atoms with van der Waals surface area (Å²) in [7, 11) is 0. The van der Waals surface area contributed by atoms with Gasteiger partial charge in [0.25, 0.3) is 0 Å². The molecule has 0 radical (unpaired) electrons. The van der Waals surface area contributed by atoms with Gasteiger partial charge in [0.2, 0.25) is 0 Å². The van der Waals surface area contributed by atoms with Crippen LogP contribution in [-0.2, 0) is 317 Å². The maximum absolute atomic E-state index is 8.65. The minimum atomic E-state index is -6.17. The van der Waals surface area contributed by atoms with Crippen LogP contribution in [0, 0.1) is 0 Å². The van der Waals surface area contributed by atoms with Crippen molar-refractivity contribution < 1.29 is 523 Å². The molecule has 0 bridgehead atoms. The molecule has 0 heterocycles. The van der Waals surface area contributed by atoms with E-state index < -0.39 is 205 Å². The Kier molecular flexibility index (Phi) is 205. The third-order valence-corrected chi connectivity index (χ3v) is 0. The minimum absolute atomic E-state index is 0. The van der Waals surface area contributed by atoms with E-state index in [1.165, 1.54) is 0 Å². The van der Waals surface area contributed by atoms with Gasteiger partial charge in [0.05, 0.1) is 0 Å². The first-order valence-electron chi connectivity index (χ1n) is 6.50. The summed E-state index contributed by atoms with van der Waals surface area (Å²) in [4.78, 5) is 0. The van der Waals surface area contributed by atoms with E-state index in [-0.39, 0.29) is 183 Å². The summed E-state index contributed by atoms with van der Waals surface area (Å²) >= 11 is -57.0. The van der Waals surface area contributed by atoms with Crippen molar-refractivity contribution in [3.63, 3.8) is 0 Å². The van der Waals surface area contributed by atoms with Crippen LogP contribution in [0.1, 0.15) is 0 Å². The second-order valence-electron chi connectivity index (χ2n) is 3.06. The SMILES string of the molecule is O.[Na+].[Na+].[Na+].[Na+].[Na+].[Na+].[O]=[W](=[O])([O-])[O-].[O]=[W](=[O])([O-])[O-].[O]=[W](=[O])([O-])[O-].[O]=[W](=[O])=[O].[O]=[W](=[O])=[O].[O]=[W](=[O])=[O].[O]=[W](=[O])=[O].[O]=[W](=[O])=[O].[O]=[W](=[O])=[O].[O]=[W](=[O])=[O].[O]=[W](=[O])=[O].[O]=[W](=[O])=[O]. The molecule has 0 atom stereocenters. The Morgan fingerprint density at radius 1 is 0.190 bits per heavy atom. The molecule has 0 spiro atoms. The van der Waals surface area contributed by atoms with Crippen molar-refractivity contribution in [2.75, 3.05) is 0 Å². The molecule has 0 saturated heterocycles. The summed E-state index contributed by atoms with van der Waals surface area (Å²) in [5.74, 6) is 0. The first kappa shape index (κ1) is 126. The Balaban J connectivity index is -0.0000000167. The molecule has 58 heavy (non-hydrogen) atoms. The van der Waals surface area contributed by atoms with Gasteiger partial charge in [-0.15, -0.1) is 0 Å². The van der Waals surface area contributed by atoms with Gasteiger partial charge in [0.15, 0.2) is 0 Å². The van der Waals surface area contributed by atoms with Crippen molar-refractivity contribution in [3.8, 4) is 0 Å². The summed E-state index contributed by atoms with van der Waals surface area (Å²) in [6, 6.07) is 0. The zero-order valence-corrected chi connectivity index (χ0v) is 74.5. The van der Waals surface area contributed by atoms with Gasteiger partial charge in [-0.1, -0.05) is 0 Å². The Labute approximate surface area is 509 Å². The molecule has 0 aromatic rings. The summed E-state index contributed by atoms with van der Waals surface area (Å²) < 4.78 is 336. The van der Waals surface area contributed by atoms with Gasteiger partial charge in [-0.3, -0.25) is 0 Å². The summed E-state index contributed by atoms with van der Waals surface area (Å²) in [6.07, 6.45) is 0. The van der Waals surface area contributed by atoms with Crippen molar-refractivity contribution in [2.45, 2.75) is 0 Å². The molecule has 0 aromatic heterocycles. The zero-order chi connectivity index (χ0) is 45.7. The molecule has 58 heteroatoms. The van der Waals surface area contributed by atoms with Crippen LogP contribution in [-0.4, -0.2) is 5.48 Å². The fourth-order valence-electron chi connectivity index (χ4n) is 0. The van der Waals surface area contributed by atoms with Gasteiger partial charge in [-0.25, -0.2) is 0 Å². The van der Waals surface area contributed by atoms with E-state index in [4.69, 9.17) is 135 Å². The van der Waals surface area contributed by atoms with Crippen LogP contribution in [0.5, 0.6) is 0 Å². The zero-order valence-electron chi connectivity index (χ0n) is 27.3. The second kappa shape index (κ2) is 94.3. The van der Waals surface area contributed by atoms with Crippen LogP contribution in [0.15, 0.2) is 0 Å². The third-order valence-electron chi connectivity index (χ3n) is 0. The van der Waals surface area contributed by atoms with E-state index in [9.17, 15) is 0 Å². The van der Waals surface area contributed by atoms with Crippen LogP contribution < -0.4 is 200 Å². The molecule has 0 aliphatic carbocycles. The molecule has 40 nitrogen and oxygen atoms in total. The number of rotatable bonds is 0. The Hall–Kier alpha value is 7.38. The molecule has 0 fully saturated rings. The monoisotopic (exact) mass is 2990 g/mol. The summed E-state index contributed by atoms with van der Waals surface area (Å²) in [5.41, 5.74) is 0. The van der Waals surface area contributed by atoms with Crippen LogP contribution in [0.3, 0.4) is 0 Å². The van der Waals surface area contributed by atoms with Crippen molar-refractivity contribution in [1.29, 1.82) is 0 Å². The molecule has 0 amide bonds. The molecule has 0 aromatic carbocycles. The number of hydrogen-bond donors (Lipinski definition) is 0. The van der Waals surface area contributed by atoms with E-state index in [1.54, 1.807) is 0 Å². The Morgan fingerprint density at radius 3 is 0.190 bits per heavy atom. The standard InChI is InChI=1S/6Na.H2O.39O.12W/h;;;;;;1H2;;;;;;;;;;;;;;;;;;;;;;;;;;;;;;;;;;;;;;;;;;;;;;;;;;;/q6*+1;;;;;;;;;;;;;;;;;;;;;;;;;;;;;;;;;;;6*-1;;;;;;;;;;;;. The van der Waals surface area contributed by atoms with Crippen LogP contribution in [0.25, 0.3) is 0 Å². The van der Waals surface area contributed by atoms with Crippen LogP contribution in [0.2, 0.25) is 0 Å². The molecule has 2 N–H and O–H groups in total. The van der Waals surface area contributed by atoms with Gasteiger partial charge < -0.3 is 5.48 Å². The van der Waals surface area contributed by atoms with Gasteiger partial charge >= 0.3 is 517 Å². The first-order valence-corrected chi connectivity index (χ1v) is 53.2. The molecule has 0 aliphatic heterocycles. The summed E-state index contributed by atoms with van der Waals surface area (Å²) in [6.45, 7) is 0. The van der Waals surface area contributed by atoms with Crippen LogP contribution >= 0.6 is 0 Å². The maximum atomic E-state index is 8.65. The predicted molar refractivity (Wildman–Crippen MR) is 26.3 cm³/mol. The second-order valence-corrected chi connectivity index (χ2v) is 25.1. The molecular formula is H2Na6O40W12. The van der Waals surface area contributed by atoms with E-state index in [0.29, 0.717) is 0 Å². The fraction of sp³-hybridized carbons (Fsp3) is 0.